The number of hydrogen-bond acceptors (Lipinski definition) is 2. The minimum absolute atomic E-state index is 0.694. The zero-order chi connectivity index (χ0) is 14.5. The highest BCUT2D eigenvalue weighted by atomic mass is 15.1. The van der Waals surface area contributed by atoms with E-state index in [2.05, 4.69) is 38.2 Å². The maximum atomic E-state index is 3.90. The van der Waals surface area contributed by atoms with Gasteiger partial charge in [-0.25, -0.2) is 0 Å². The van der Waals surface area contributed by atoms with Gasteiger partial charge in [0.25, 0.3) is 0 Å². The van der Waals surface area contributed by atoms with Crippen LogP contribution in [-0.4, -0.2) is 37.6 Å². The molecule has 0 heterocycles. The Morgan fingerprint density at radius 3 is 2.35 bits per heavy atom. The lowest BCUT2D eigenvalue weighted by atomic mass is 9.69. The molecule has 0 spiro atoms. The van der Waals surface area contributed by atoms with E-state index < -0.39 is 0 Å². The van der Waals surface area contributed by atoms with Crippen molar-refractivity contribution in [3.63, 3.8) is 0 Å². The second-order valence-electron chi connectivity index (χ2n) is 7.97. The number of likely N-dealkylation sites (N-methyl/N-ethyl adjacent to an activating group) is 1. The maximum absolute atomic E-state index is 3.90. The number of nitrogens with zero attached hydrogens (tertiary/aromatic N) is 1. The van der Waals surface area contributed by atoms with E-state index >= 15 is 0 Å². The minimum Gasteiger partial charge on any atom is -0.312 e. The molecular weight excluding hydrogens is 244 g/mol. The van der Waals surface area contributed by atoms with Gasteiger partial charge in [0.1, 0.15) is 0 Å². The number of fused-ring (bicyclic) bond motifs is 1. The number of rotatable bonds is 6. The summed E-state index contributed by atoms with van der Waals surface area (Å²) in [7, 11) is 4.46. The normalized spacial score (nSPS) is 32.4. The molecule has 2 fully saturated rings. The highest BCUT2D eigenvalue weighted by molar-refractivity contribution is 4.87. The molecule has 0 aromatic rings. The van der Waals surface area contributed by atoms with E-state index in [1.54, 1.807) is 0 Å². The third-order valence-corrected chi connectivity index (χ3v) is 5.66. The summed E-state index contributed by atoms with van der Waals surface area (Å²) >= 11 is 0. The van der Waals surface area contributed by atoms with Crippen molar-refractivity contribution in [1.82, 2.24) is 10.2 Å². The topological polar surface area (TPSA) is 15.3 Å². The van der Waals surface area contributed by atoms with E-state index in [1.165, 1.54) is 57.9 Å². The smallest absolute Gasteiger partial charge is 0.0217 e. The van der Waals surface area contributed by atoms with Crippen LogP contribution in [0, 0.1) is 17.8 Å². The van der Waals surface area contributed by atoms with Crippen molar-refractivity contribution in [2.45, 2.75) is 77.3 Å². The standard InChI is InChI=1S/C18H36N2/c1-14(2)11-18(20(3)4)13-19-17-10-9-15-7-5-6-8-16(15)12-17/h14-19H,5-13H2,1-4H3. The molecule has 2 rings (SSSR count). The van der Waals surface area contributed by atoms with Crippen LogP contribution in [0.4, 0.5) is 0 Å². The van der Waals surface area contributed by atoms with Gasteiger partial charge in [-0.15, -0.1) is 0 Å². The Bertz CT molecular complexity index is 275. The van der Waals surface area contributed by atoms with Crippen LogP contribution in [-0.2, 0) is 0 Å². The fourth-order valence-electron chi connectivity index (χ4n) is 4.38. The lowest BCUT2D eigenvalue weighted by molar-refractivity contribution is 0.137. The van der Waals surface area contributed by atoms with Gasteiger partial charge in [-0.1, -0.05) is 39.5 Å². The summed E-state index contributed by atoms with van der Waals surface area (Å²) < 4.78 is 0. The van der Waals surface area contributed by atoms with Crippen LogP contribution in [0.2, 0.25) is 0 Å². The summed E-state index contributed by atoms with van der Waals surface area (Å²) in [5, 5.41) is 3.90. The third-order valence-electron chi connectivity index (χ3n) is 5.66. The monoisotopic (exact) mass is 280 g/mol. The molecule has 0 aromatic carbocycles. The van der Waals surface area contributed by atoms with Gasteiger partial charge in [-0.3, -0.25) is 0 Å². The van der Waals surface area contributed by atoms with Crippen molar-refractivity contribution >= 4 is 0 Å². The molecule has 1 N–H and O–H groups in total. The molecule has 2 aliphatic carbocycles. The van der Waals surface area contributed by atoms with Gasteiger partial charge in [0.05, 0.1) is 0 Å². The van der Waals surface area contributed by atoms with Crippen molar-refractivity contribution in [3.8, 4) is 0 Å². The van der Waals surface area contributed by atoms with Crippen LogP contribution in [0.15, 0.2) is 0 Å². The van der Waals surface area contributed by atoms with E-state index in [1.807, 2.05) is 0 Å². The summed E-state index contributed by atoms with van der Waals surface area (Å²) in [6, 6.07) is 1.49. The molecule has 0 bridgehead atoms. The number of hydrogen-bond donors (Lipinski definition) is 1. The molecule has 0 saturated heterocycles. The molecule has 2 saturated carbocycles. The zero-order valence-electron chi connectivity index (χ0n) is 14.2. The quantitative estimate of drug-likeness (QED) is 0.793. The van der Waals surface area contributed by atoms with E-state index in [4.69, 9.17) is 0 Å². The second kappa shape index (κ2) is 7.79. The lowest BCUT2D eigenvalue weighted by Crippen LogP contribution is -2.45. The SMILES string of the molecule is CC(C)CC(CNC1CCC2CCCCC2C1)N(C)C. The molecule has 2 heteroatoms. The van der Waals surface area contributed by atoms with Gasteiger partial charge in [0, 0.05) is 18.6 Å². The van der Waals surface area contributed by atoms with E-state index in [0.29, 0.717) is 6.04 Å². The summed E-state index contributed by atoms with van der Waals surface area (Å²) in [6.45, 7) is 5.85. The van der Waals surface area contributed by atoms with Crippen molar-refractivity contribution < 1.29 is 0 Å². The third kappa shape index (κ3) is 4.73. The average molecular weight is 280 g/mol. The van der Waals surface area contributed by atoms with Crippen LogP contribution < -0.4 is 5.32 Å². The van der Waals surface area contributed by atoms with Crippen molar-refractivity contribution in [1.29, 1.82) is 0 Å². The van der Waals surface area contributed by atoms with Crippen LogP contribution in [0.25, 0.3) is 0 Å². The van der Waals surface area contributed by atoms with Crippen molar-refractivity contribution in [2.24, 2.45) is 17.8 Å². The fourth-order valence-corrected chi connectivity index (χ4v) is 4.38. The van der Waals surface area contributed by atoms with Crippen molar-refractivity contribution in [2.75, 3.05) is 20.6 Å². The highest BCUT2D eigenvalue weighted by Crippen LogP contribution is 2.40. The van der Waals surface area contributed by atoms with Crippen molar-refractivity contribution in [3.05, 3.63) is 0 Å². The Labute approximate surface area is 126 Å². The van der Waals surface area contributed by atoms with Crippen LogP contribution >= 0.6 is 0 Å². The van der Waals surface area contributed by atoms with Crippen LogP contribution in [0.5, 0.6) is 0 Å². The predicted molar refractivity (Wildman–Crippen MR) is 88.0 cm³/mol. The number of nitrogens with one attached hydrogen (secondary N) is 1. The Balaban J connectivity index is 1.75. The minimum atomic E-state index is 0.694. The summed E-state index contributed by atoms with van der Waals surface area (Å²) in [5.74, 6) is 2.90. The summed E-state index contributed by atoms with van der Waals surface area (Å²) in [5.41, 5.74) is 0. The molecule has 118 valence electrons. The van der Waals surface area contributed by atoms with Gasteiger partial charge in [0.15, 0.2) is 0 Å². The molecule has 4 unspecified atom stereocenters. The van der Waals surface area contributed by atoms with E-state index in [9.17, 15) is 0 Å². The first-order valence-electron chi connectivity index (χ1n) is 8.96. The predicted octanol–water partition coefficient (Wildman–Crippen LogP) is 3.91. The van der Waals surface area contributed by atoms with Gasteiger partial charge in [0.2, 0.25) is 0 Å². The highest BCUT2D eigenvalue weighted by Gasteiger charge is 2.32. The molecule has 0 aromatic heterocycles. The molecule has 2 aliphatic rings. The Kier molecular flexibility index (Phi) is 6.35. The summed E-state index contributed by atoms with van der Waals surface area (Å²) in [4.78, 5) is 2.40. The molecular formula is C18H36N2. The Morgan fingerprint density at radius 1 is 1.00 bits per heavy atom. The van der Waals surface area contributed by atoms with Gasteiger partial charge < -0.3 is 10.2 Å². The summed E-state index contributed by atoms with van der Waals surface area (Å²) in [6.07, 6.45) is 11.7. The Morgan fingerprint density at radius 2 is 1.70 bits per heavy atom. The second-order valence-corrected chi connectivity index (χ2v) is 7.97. The zero-order valence-corrected chi connectivity index (χ0v) is 14.2. The van der Waals surface area contributed by atoms with Gasteiger partial charge in [-0.05, 0) is 57.5 Å². The first-order valence-corrected chi connectivity index (χ1v) is 8.96. The molecule has 2 nitrogen and oxygen atoms in total. The van der Waals surface area contributed by atoms with E-state index in [0.717, 1.165) is 23.8 Å². The largest absolute Gasteiger partial charge is 0.312 e. The maximum Gasteiger partial charge on any atom is 0.0217 e. The van der Waals surface area contributed by atoms with E-state index in [-0.39, 0.29) is 0 Å². The Hall–Kier alpha value is -0.0800. The van der Waals surface area contributed by atoms with Crippen LogP contribution in [0.3, 0.4) is 0 Å². The lowest BCUT2D eigenvalue weighted by Gasteiger charge is -2.40. The molecule has 0 aliphatic heterocycles. The molecule has 20 heavy (non-hydrogen) atoms. The molecule has 0 amide bonds. The fraction of sp³-hybridized carbons (Fsp3) is 1.00. The molecule has 0 radical (unpaired) electrons. The van der Waals surface area contributed by atoms with Crippen LogP contribution in [0.1, 0.15) is 65.2 Å². The average Bonchev–Trinajstić information content (AvgIpc) is 2.42. The first kappa shape index (κ1) is 16.3. The van der Waals surface area contributed by atoms with Gasteiger partial charge in [-0.2, -0.15) is 0 Å². The first-order chi connectivity index (χ1) is 9.56. The van der Waals surface area contributed by atoms with Gasteiger partial charge >= 0.3 is 0 Å². The molecule has 4 atom stereocenters.